The minimum absolute atomic E-state index is 0.0696. The number of aryl methyl sites for hydroxylation is 2. The van der Waals surface area contributed by atoms with Crippen LogP contribution in [0.3, 0.4) is 0 Å². The zero-order valence-corrected chi connectivity index (χ0v) is 20.3. The molecule has 178 valence electrons. The lowest BCUT2D eigenvalue weighted by Gasteiger charge is -2.12. The number of amides is 2. The second-order valence-corrected chi connectivity index (χ2v) is 8.08. The average Bonchev–Trinajstić information content (AvgIpc) is 2.84. The van der Waals surface area contributed by atoms with Gasteiger partial charge in [-0.15, -0.1) is 0 Å². The molecule has 0 aliphatic rings. The maximum absolute atomic E-state index is 12.6. The van der Waals surface area contributed by atoms with E-state index in [-0.39, 0.29) is 18.1 Å². The number of anilines is 2. The molecule has 2 N–H and O–H groups in total. The van der Waals surface area contributed by atoms with Crippen molar-refractivity contribution in [1.29, 1.82) is 5.26 Å². The summed E-state index contributed by atoms with van der Waals surface area (Å²) in [7, 11) is 1.46. The Balaban J connectivity index is 1.70. The predicted molar refractivity (Wildman–Crippen MR) is 137 cm³/mol. The van der Waals surface area contributed by atoms with Crippen molar-refractivity contribution < 1.29 is 19.1 Å². The molecule has 0 aliphatic carbocycles. The third-order valence-corrected chi connectivity index (χ3v) is 5.33. The third-order valence-electron chi connectivity index (χ3n) is 5.00. The van der Waals surface area contributed by atoms with Gasteiger partial charge in [-0.3, -0.25) is 9.59 Å². The summed E-state index contributed by atoms with van der Waals surface area (Å²) in [6, 6.07) is 19.3. The fraction of sp³-hybridized carbons (Fsp3) is 0.148. The Bertz CT molecular complexity index is 1330. The Morgan fingerprint density at radius 2 is 1.77 bits per heavy atom. The van der Waals surface area contributed by atoms with Crippen molar-refractivity contribution in [3.63, 3.8) is 0 Å². The van der Waals surface area contributed by atoms with Crippen LogP contribution in [0.1, 0.15) is 16.7 Å². The number of para-hydroxylation sites is 1. The largest absolute Gasteiger partial charge is 0.493 e. The van der Waals surface area contributed by atoms with Gasteiger partial charge in [0.25, 0.3) is 11.8 Å². The second kappa shape index (κ2) is 11.7. The molecule has 3 aromatic carbocycles. The number of carbonyl (C=O) groups excluding carboxylic acids is 2. The maximum atomic E-state index is 12.6. The molecule has 0 atom stereocenters. The van der Waals surface area contributed by atoms with Crippen molar-refractivity contribution in [2.75, 3.05) is 24.4 Å². The van der Waals surface area contributed by atoms with Crippen molar-refractivity contribution in [3.8, 4) is 17.6 Å². The Hall–Kier alpha value is -4.28. The molecular formula is C27H24ClN3O4. The standard InChI is InChI=1S/C27H24ClN3O4/c1-17-8-10-22(18(2)12-17)31-27(33)20(15-29)13-19-9-11-24(25(14-19)34-3)35-16-26(32)30-23-7-5-4-6-21(23)28/h4-14H,16H2,1-3H3,(H,30,32)(H,31,33)/b20-13+. The molecule has 8 heteroatoms. The summed E-state index contributed by atoms with van der Waals surface area (Å²) in [5.41, 5.74) is 3.59. The first kappa shape index (κ1) is 25.3. The first-order chi connectivity index (χ1) is 16.8. The number of nitriles is 1. The van der Waals surface area contributed by atoms with Gasteiger partial charge in [-0.25, -0.2) is 0 Å². The van der Waals surface area contributed by atoms with Gasteiger partial charge in [-0.2, -0.15) is 5.26 Å². The quantitative estimate of drug-likeness (QED) is 0.320. The van der Waals surface area contributed by atoms with Crippen molar-refractivity contribution in [1.82, 2.24) is 0 Å². The van der Waals surface area contributed by atoms with Crippen LogP contribution in [0.5, 0.6) is 11.5 Å². The molecule has 0 bridgehead atoms. The van der Waals surface area contributed by atoms with Gasteiger partial charge in [-0.05, 0) is 61.4 Å². The number of nitrogens with one attached hydrogen (secondary N) is 2. The van der Waals surface area contributed by atoms with E-state index in [4.69, 9.17) is 21.1 Å². The Labute approximate surface area is 208 Å². The van der Waals surface area contributed by atoms with Crippen LogP contribution in [0, 0.1) is 25.2 Å². The van der Waals surface area contributed by atoms with E-state index in [1.54, 1.807) is 48.5 Å². The molecule has 35 heavy (non-hydrogen) atoms. The average molecular weight is 490 g/mol. The minimum atomic E-state index is -0.519. The molecule has 0 aliphatic heterocycles. The molecule has 7 nitrogen and oxygen atoms in total. The van der Waals surface area contributed by atoms with Crippen LogP contribution in [0.15, 0.2) is 66.2 Å². The molecule has 0 fully saturated rings. The van der Waals surface area contributed by atoms with E-state index in [1.807, 2.05) is 32.0 Å². The first-order valence-corrected chi connectivity index (χ1v) is 11.0. The van der Waals surface area contributed by atoms with Gasteiger partial charge in [0.05, 0.1) is 17.8 Å². The number of nitrogens with zero attached hydrogens (tertiary/aromatic N) is 1. The first-order valence-electron chi connectivity index (χ1n) is 10.7. The zero-order valence-electron chi connectivity index (χ0n) is 19.5. The van der Waals surface area contributed by atoms with Crippen LogP contribution >= 0.6 is 11.6 Å². The highest BCUT2D eigenvalue weighted by Gasteiger charge is 2.13. The van der Waals surface area contributed by atoms with Crippen molar-refractivity contribution in [2.24, 2.45) is 0 Å². The van der Waals surface area contributed by atoms with E-state index < -0.39 is 5.91 Å². The Kier molecular flexibility index (Phi) is 8.49. The fourth-order valence-corrected chi connectivity index (χ4v) is 3.43. The monoisotopic (exact) mass is 489 g/mol. The number of carbonyl (C=O) groups is 2. The molecule has 0 heterocycles. The van der Waals surface area contributed by atoms with E-state index in [2.05, 4.69) is 10.6 Å². The van der Waals surface area contributed by atoms with E-state index in [0.29, 0.717) is 33.5 Å². The van der Waals surface area contributed by atoms with Crippen molar-refractivity contribution in [3.05, 3.63) is 87.9 Å². The summed E-state index contributed by atoms with van der Waals surface area (Å²) in [6.45, 7) is 3.58. The van der Waals surface area contributed by atoms with Gasteiger partial charge in [0.1, 0.15) is 11.6 Å². The van der Waals surface area contributed by atoms with Crippen LogP contribution in [-0.4, -0.2) is 25.5 Å². The van der Waals surface area contributed by atoms with Gasteiger partial charge < -0.3 is 20.1 Å². The van der Waals surface area contributed by atoms with Gasteiger partial charge in [0.2, 0.25) is 0 Å². The lowest BCUT2D eigenvalue weighted by molar-refractivity contribution is -0.118. The summed E-state index contributed by atoms with van der Waals surface area (Å²) < 4.78 is 11.0. The molecule has 0 radical (unpaired) electrons. The Morgan fingerprint density at radius 1 is 1.00 bits per heavy atom. The summed E-state index contributed by atoms with van der Waals surface area (Å²) >= 11 is 6.05. The van der Waals surface area contributed by atoms with Gasteiger partial charge >= 0.3 is 0 Å². The number of halogens is 1. The molecule has 0 unspecified atom stereocenters. The predicted octanol–water partition coefficient (Wildman–Crippen LogP) is 5.53. The zero-order chi connectivity index (χ0) is 25.4. The number of hydrogen-bond acceptors (Lipinski definition) is 5. The van der Waals surface area contributed by atoms with E-state index in [9.17, 15) is 14.9 Å². The van der Waals surface area contributed by atoms with Crippen molar-refractivity contribution in [2.45, 2.75) is 13.8 Å². The summed E-state index contributed by atoms with van der Waals surface area (Å²) in [6.07, 6.45) is 1.45. The van der Waals surface area contributed by atoms with E-state index in [0.717, 1.165) is 11.1 Å². The number of rotatable bonds is 8. The fourth-order valence-electron chi connectivity index (χ4n) is 3.24. The lowest BCUT2D eigenvalue weighted by atomic mass is 10.1. The molecule has 0 saturated carbocycles. The summed E-state index contributed by atoms with van der Waals surface area (Å²) in [5, 5.41) is 15.4. The number of hydrogen-bond donors (Lipinski definition) is 2. The molecular weight excluding hydrogens is 466 g/mol. The van der Waals surface area contributed by atoms with Crippen LogP contribution < -0.4 is 20.1 Å². The molecule has 0 spiro atoms. The topological polar surface area (TPSA) is 100 Å². The van der Waals surface area contributed by atoms with Crippen LogP contribution in [0.25, 0.3) is 6.08 Å². The third kappa shape index (κ3) is 6.85. The van der Waals surface area contributed by atoms with Gasteiger partial charge in [-0.1, -0.05) is 47.5 Å². The number of benzene rings is 3. The SMILES string of the molecule is COc1cc(/C=C(\C#N)C(=O)Nc2ccc(C)cc2C)ccc1OCC(=O)Nc1ccccc1Cl. The van der Waals surface area contributed by atoms with E-state index in [1.165, 1.54) is 13.2 Å². The molecule has 3 aromatic rings. The van der Waals surface area contributed by atoms with Gasteiger partial charge in [0, 0.05) is 5.69 Å². The normalized spacial score (nSPS) is 10.8. The second-order valence-electron chi connectivity index (χ2n) is 7.67. The summed E-state index contributed by atoms with van der Waals surface area (Å²) in [4.78, 5) is 24.9. The van der Waals surface area contributed by atoms with Crippen LogP contribution in [-0.2, 0) is 9.59 Å². The molecule has 0 aromatic heterocycles. The Morgan fingerprint density at radius 3 is 2.46 bits per heavy atom. The van der Waals surface area contributed by atoms with Gasteiger partial charge in [0.15, 0.2) is 18.1 Å². The highest BCUT2D eigenvalue weighted by Crippen LogP contribution is 2.29. The lowest BCUT2D eigenvalue weighted by Crippen LogP contribution is -2.20. The summed E-state index contributed by atoms with van der Waals surface area (Å²) in [5.74, 6) is -0.234. The number of methoxy groups -OCH3 is 1. The highest BCUT2D eigenvalue weighted by molar-refractivity contribution is 6.33. The maximum Gasteiger partial charge on any atom is 0.266 e. The molecule has 2 amide bonds. The van der Waals surface area contributed by atoms with Crippen molar-refractivity contribution >= 4 is 40.9 Å². The molecule has 3 rings (SSSR count). The number of ether oxygens (including phenoxy) is 2. The van der Waals surface area contributed by atoms with Crippen LogP contribution in [0.4, 0.5) is 11.4 Å². The van der Waals surface area contributed by atoms with E-state index >= 15 is 0 Å². The van der Waals surface area contributed by atoms with Crippen LogP contribution in [0.2, 0.25) is 5.02 Å². The molecule has 0 saturated heterocycles. The highest BCUT2D eigenvalue weighted by atomic mass is 35.5. The smallest absolute Gasteiger partial charge is 0.266 e. The minimum Gasteiger partial charge on any atom is -0.493 e.